The number of allylic oxidation sites excluding steroid dienone is 4. The zero-order chi connectivity index (χ0) is 19.1. The number of hydrogen-bond donors (Lipinski definition) is 2. The van der Waals surface area contributed by atoms with E-state index in [-0.39, 0.29) is 23.7 Å². The Labute approximate surface area is 155 Å². The summed E-state index contributed by atoms with van der Waals surface area (Å²) in [5.41, 5.74) is 2.88. The molecule has 1 fully saturated rings. The Bertz CT molecular complexity index is 615. The van der Waals surface area contributed by atoms with Crippen molar-refractivity contribution < 1.29 is 9.59 Å². The number of ketones is 2. The van der Waals surface area contributed by atoms with Crippen molar-refractivity contribution in [3.63, 3.8) is 0 Å². The van der Waals surface area contributed by atoms with Crippen molar-refractivity contribution >= 4 is 24.0 Å². The van der Waals surface area contributed by atoms with Gasteiger partial charge in [0.15, 0.2) is 11.6 Å². The Kier molecular flexibility index (Phi) is 7.30. The number of Topliss-reactive ketones (excluding diaryl/α,β-unsaturated/α-hetero) is 2. The van der Waals surface area contributed by atoms with Crippen LogP contribution in [0.2, 0.25) is 0 Å². The first kappa shape index (κ1) is 20.1. The molecule has 1 heterocycles. The second kappa shape index (κ2) is 9.46. The summed E-state index contributed by atoms with van der Waals surface area (Å²) in [6, 6.07) is 0.0955. The van der Waals surface area contributed by atoms with Gasteiger partial charge in [-0.3, -0.25) is 19.6 Å². The van der Waals surface area contributed by atoms with Gasteiger partial charge in [-0.2, -0.15) is 0 Å². The zero-order valence-corrected chi connectivity index (χ0v) is 16.3. The van der Waals surface area contributed by atoms with Gasteiger partial charge in [0.2, 0.25) is 0 Å². The first-order valence-electron chi connectivity index (χ1n) is 9.38. The molecule has 2 atom stereocenters. The number of nitrogens with zero attached hydrogens (tertiary/aromatic N) is 2. The lowest BCUT2D eigenvalue weighted by atomic mass is 9.91. The van der Waals surface area contributed by atoms with Crippen LogP contribution in [0.5, 0.6) is 0 Å². The average molecular weight is 358 g/mol. The third-order valence-corrected chi connectivity index (χ3v) is 4.96. The number of carbonyl (C=O) groups is 2. The number of fused-ring (bicyclic) bond motifs is 1. The van der Waals surface area contributed by atoms with E-state index in [1.165, 1.54) is 0 Å². The van der Waals surface area contributed by atoms with Crippen molar-refractivity contribution in [3.8, 4) is 0 Å². The van der Waals surface area contributed by atoms with E-state index in [1.807, 2.05) is 13.8 Å². The van der Waals surface area contributed by atoms with E-state index in [1.54, 1.807) is 26.3 Å². The van der Waals surface area contributed by atoms with E-state index >= 15 is 0 Å². The number of hydrogen-bond acceptors (Lipinski definition) is 6. The summed E-state index contributed by atoms with van der Waals surface area (Å²) in [5, 5.41) is 6.54. The van der Waals surface area contributed by atoms with Gasteiger partial charge in [0.25, 0.3) is 0 Å². The van der Waals surface area contributed by atoms with Crippen molar-refractivity contribution in [1.29, 1.82) is 0 Å². The molecule has 2 unspecified atom stereocenters. The molecule has 2 rings (SSSR count). The van der Waals surface area contributed by atoms with Crippen LogP contribution in [-0.2, 0) is 9.59 Å². The Balaban J connectivity index is 2.39. The highest BCUT2D eigenvalue weighted by molar-refractivity contribution is 6.13. The van der Waals surface area contributed by atoms with E-state index < -0.39 is 0 Å². The molecule has 0 spiro atoms. The molecule has 0 aromatic carbocycles. The van der Waals surface area contributed by atoms with Crippen molar-refractivity contribution in [3.05, 3.63) is 22.5 Å². The third-order valence-electron chi connectivity index (χ3n) is 4.96. The van der Waals surface area contributed by atoms with Gasteiger partial charge in [0.1, 0.15) is 0 Å². The van der Waals surface area contributed by atoms with Crippen LogP contribution in [0, 0.1) is 0 Å². The highest BCUT2D eigenvalue weighted by Gasteiger charge is 2.24. The van der Waals surface area contributed by atoms with Gasteiger partial charge in [0, 0.05) is 36.9 Å². The predicted octanol–water partition coefficient (Wildman–Crippen LogP) is 2.36. The minimum absolute atomic E-state index is 0.00427. The van der Waals surface area contributed by atoms with E-state index in [0.717, 1.165) is 37.1 Å². The highest BCUT2D eigenvalue weighted by Crippen LogP contribution is 2.24. The van der Waals surface area contributed by atoms with E-state index in [2.05, 4.69) is 10.6 Å². The molecule has 2 aliphatic rings. The van der Waals surface area contributed by atoms with Crippen LogP contribution in [0.25, 0.3) is 0 Å². The molecular weight excluding hydrogens is 328 g/mol. The fourth-order valence-electron chi connectivity index (χ4n) is 3.37. The second-order valence-corrected chi connectivity index (χ2v) is 7.02. The molecule has 1 saturated carbocycles. The lowest BCUT2D eigenvalue weighted by molar-refractivity contribution is -0.114. The van der Waals surface area contributed by atoms with Crippen LogP contribution in [-0.4, -0.2) is 49.2 Å². The smallest absolute Gasteiger partial charge is 0.163 e. The summed E-state index contributed by atoms with van der Waals surface area (Å²) in [4.78, 5) is 33.4. The molecule has 1 aliphatic heterocycles. The lowest BCUT2D eigenvalue weighted by Crippen LogP contribution is -2.30. The van der Waals surface area contributed by atoms with Gasteiger partial charge in [-0.15, -0.1) is 0 Å². The maximum atomic E-state index is 12.0. The normalized spacial score (nSPS) is 30.6. The molecular formula is C20H30N4O2. The quantitative estimate of drug-likeness (QED) is 0.794. The van der Waals surface area contributed by atoms with E-state index in [4.69, 9.17) is 9.98 Å². The summed E-state index contributed by atoms with van der Waals surface area (Å²) in [7, 11) is 0. The van der Waals surface area contributed by atoms with Crippen molar-refractivity contribution in [2.45, 2.75) is 65.5 Å². The maximum absolute atomic E-state index is 12.0. The molecule has 0 saturated heterocycles. The molecule has 0 radical (unpaired) electrons. The number of nitrogens with one attached hydrogen (secondary N) is 2. The number of carbonyl (C=O) groups excluding carboxylic acids is 2. The molecule has 0 aromatic rings. The zero-order valence-electron chi connectivity index (χ0n) is 16.3. The Morgan fingerprint density at radius 1 is 0.846 bits per heavy atom. The predicted molar refractivity (Wildman–Crippen MR) is 106 cm³/mol. The largest absolute Gasteiger partial charge is 0.386 e. The minimum atomic E-state index is 0.00427. The third kappa shape index (κ3) is 5.38. The molecule has 26 heavy (non-hydrogen) atoms. The van der Waals surface area contributed by atoms with Crippen LogP contribution >= 0.6 is 0 Å². The summed E-state index contributed by atoms with van der Waals surface area (Å²) < 4.78 is 0. The summed E-state index contributed by atoms with van der Waals surface area (Å²) in [6.07, 6.45) is 7.53. The molecule has 6 nitrogen and oxygen atoms in total. The number of aliphatic imine (C=N–C) groups is 2. The topological polar surface area (TPSA) is 82.9 Å². The van der Waals surface area contributed by atoms with Crippen molar-refractivity contribution in [2.75, 3.05) is 13.1 Å². The van der Waals surface area contributed by atoms with Gasteiger partial charge in [-0.25, -0.2) is 0 Å². The van der Waals surface area contributed by atoms with Crippen LogP contribution in [0.4, 0.5) is 0 Å². The molecule has 142 valence electrons. The maximum Gasteiger partial charge on any atom is 0.163 e. The summed E-state index contributed by atoms with van der Waals surface area (Å²) in [5.74, 6) is 0.00853. The molecule has 0 bridgehead atoms. The van der Waals surface area contributed by atoms with Crippen LogP contribution in [0.3, 0.4) is 0 Å². The molecule has 0 amide bonds. The first-order chi connectivity index (χ1) is 12.4. The fraction of sp³-hybridized carbons (Fsp3) is 0.600. The Morgan fingerprint density at radius 2 is 1.23 bits per heavy atom. The summed E-state index contributed by atoms with van der Waals surface area (Å²) in [6.45, 7) is 8.21. The second-order valence-electron chi connectivity index (χ2n) is 7.02. The summed E-state index contributed by atoms with van der Waals surface area (Å²) >= 11 is 0. The van der Waals surface area contributed by atoms with Crippen LogP contribution in [0.15, 0.2) is 32.5 Å². The molecule has 0 aromatic heterocycles. The Hall–Kier alpha value is -2.24. The van der Waals surface area contributed by atoms with Crippen molar-refractivity contribution in [2.24, 2.45) is 9.98 Å². The molecule has 6 heteroatoms. The minimum Gasteiger partial charge on any atom is -0.386 e. The molecule has 2 N–H and O–H groups in total. The SMILES string of the molecule is CC(=O)/C1=C(/C)NCCN/C(C)=C(/C(C)=O)C=NC2CCCCC2N=C1. The number of rotatable bonds is 2. The first-order valence-corrected chi connectivity index (χ1v) is 9.38. The van der Waals surface area contributed by atoms with Crippen LogP contribution in [0.1, 0.15) is 53.4 Å². The highest BCUT2D eigenvalue weighted by atomic mass is 16.1. The monoisotopic (exact) mass is 358 g/mol. The van der Waals surface area contributed by atoms with Crippen LogP contribution < -0.4 is 10.6 Å². The Morgan fingerprint density at radius 3 is 1.58 bits per heavy atom. The fourth-order valence-corrected chi connectivity index (χ4v) is 3.37. The van der Waals surface area contributed by atoms with Gasteiger partial charge < -0.3 is 10.6 Å². The standard InChI is InChI=1S/C20H30N4O2/c1-13-17(15(3)25)11-23-19-7-5-6-8-20(19)24-12-18(16(4)26)14(2)22-10-9-21-13/h11-12,19-22H,5-10H2,1-4H3/b17-13-,18-14+,23-11?,24-12?. The molecule has 1 aliphatic carbocycles. The van der Waals surface area contributed by atoms with Crippen molar-refractivity contribution in [1.82, 2.24) is 10.6 Å². The van der Waals surface area contributed by atoms with E-state index in [9.17, 15) is 9.59 Å². The average Bonchev–Trinajstić information content (AvgIpc) is 2.59. The van der Waals surface area contributed by atoms with Gasteiger partial charge in [-0.05, 0) is 40.5 Å². The van der Waals surface area contributed by atoms with E-state index in [0.29, 0.717) is 24.2 Å². The van der Waals surface area contributed by atoms with Gasteiger partial charge >= 0.3 is 0 Å². The van der Waals surface area contributed by atoms with Gasteiger partial charge in [-0.1, -0.05) is 12.8 Å². The van der Waals surface area contributed by atoms with Gasteiger partial charge in [0.05, 0.1) is 23.2 Å². The lowest BCUT2D eigenvalue weighted by Gasteiger charge is -2.26.